The van der Waals surface area contributed by atoms with E-state index in [2.05, 4.69) is 10.2 Å². The summed E-state index contributed by atoms with van der Waals surface area (Å²) in [5.74, 6) is 0.693. The normalized spacial score (nSPS) is 10.2. The number of hydrogen-bond acceptors (Lipinski definition) is 4. The lowest BCUT2D eigenvalue weighted by molar-refractivity contribution is 0.341. The molecule has 0 atom stereocenters. The first-order valence-electron chi connectivity index (χ1n) is 5.75. The molecule has 98 valence electrons. The van der Waals surface area contributed by atoms with Crippen LogP contribution in [-0.2, 0) is 0 Å². The molecule has 6 heteroatoms. The van der Waals surface area contributed by atoms with E-state index in [1.54, 1.807) is 6.07 Å². The van der Waals surface area contributed by atoms with Gasteiger partial charge in [-0.2, -0.15) is 5.10 Å². The molecule has 0 aliphatic rings. The molecule has 0 spiro atoms. The van der Waals surface area contributed by atoms with Crippen LogP contribution in [0, 0.1) is 0 Å². The second-order valence-electron chi connectivity index (χ2n) is 3.79. The zero-order chi connectivity index (χ0) is 13.8. The molecule has 0 fully saturated rings. The van der Waals surface area contributed by atoms with E-state index in [-0.39, 0.29) is 10.6 Å². The Morgan fingerprint density at radius 3 is 2.89 bits per heavy atom. The van der Waals surface area contributed by atoms with Crippen LogP contribution in [0.25, 0.3) is 11.3 Å². The van der Waals surface area contributed by atoms with E-state index in [9.17, 15) is 4.79 Å². The van der Waals surface area contributed by atoms with Crippen molar-refractivity contribution in [1.29, 1.82) is 0 Å². The van der Waals surface area contributed by atoms with Gasteiger partial charge in [0.05, 0.1) is 17.9 Å². The number of nitrogens with one attached hydrogen (secondary N) is 1. The third-order valence-corrected chi connectivity index (χ3v) is 2.75. The molecule has 0 bridgehead atoms. The fourth-order valence-corrected chi connectivity index (χ4v) is 1.84. The van der Waals surface area contributed by atoms with Crippen LogP contribution in [0.15, 0.2) is 35.1 Å². The Balaban J connectivity index is 2.56. The van der Waals surface area contributed by atoms with Gasteiger partial charge >= 0.3 is 0 Å². The maximum Gasteiger partial charge on any atom is 0.274 e. The molecule has 5 nitrogen and oxygen atoms in total. The van der Waals surface area contributed by atoms with E-state index >= 15 is 0 Å². The van der Waals surface area contributed by atoms with Gasteiger partial charge in [-0.25, -0.2) is 5.10 Å². The number of thiocarbonyl (C=S) groups is 1. The highest BCUT2D eigenvalue weighted by Crippen LogP contribution is 2.27. The minimum absolute atomic E-state index is 0.0405. The summed E-state index contributed by atoms with van der Waals surface area (Å²) in [5, 5.41) is 6.39. The van der Waals surface area contributed by atoms with Crippen molar-refractivity contribution < 1.29 is 4.74 Å². The highest BCUT2D eigenvalue weighted by Gasteiger charge is 2.11. The zero-order valence-corrected chi connectivity index (χ0v) is 11.2. The molecule has 0 unspecified atom stereocenters. The first-order chi connectivity index (χ1) is 9.13. The maximum absolute atomic E-state index is 11.5. The van der Waals surface area contributed by atoms with Gasteiger partial charge in [-0.05, 0) is 25.1 Å². The summed E-state index contributed by atoms with van der Waals surface area (Å²) in [7, 11) is 0. The van der Waals surface area contributed by atoms with E-state index in [0.29, 0.717) is 18.1 Å². The molecular formula is C13H13N3O2S. The molecule has 0 aliphatic carbocycles. The smallest absolute Gasteiger partial charge is 0.274 e. The van der Waals surface area contributed by atoms with Gasteiger partial charge in [0.1, 0.15) is 10.7 Å². The van der Waals surface area contributed by atoms with Crippen LogP contribution in [0.4, 0.5) is 0 Å². The van der Waals surface area contributed by atoms with Gasteiger partial charge in [0, 0.05) is 5.56 Å². The predicted molar refractivity (Wildman–Crippen MR) is 77.4 cm³/mol. The van der Waals surface area contributed by atoms with E-state index < -0.39 is 5.56 Å². The Bertz CT molecular complexity index is 667. The maximum atomic E-state index is 11.5. The average Bonchev–Trinajstić information content (AvgIpc) is 2.40. The molecule has 0 saturated heterocycles. The van der Waals surface area contributed by atoms with Crippen LogP contribution >= 0.6 is 12.2 Å². The van der Waals surface area contributed by atoms with Gasteiger partial charge < -0.3 is 10.5 Å². The number of hydrogen-bond donors (Lipinski definition) is 2. The number of aromatic nitrogens is 2. The summed E-state index contributed by atoms with van der Waals surface area (Å²) in [6.07, 6.45) is 0. The third-order valence-electron chi connectivity index (χ3n) is 2.53. The Labute approximate surface area is 115 Å². The second kappa shape index (κ2) is 5.62. The molecule has 0 radical (unpaired) electrons. The summed E-state index contributed by atoms with van der Waals surface area (Å²) in [6, 6.07) is 9.00. The predicted octanol–water partition coefficient (Wildman–Crippen LogP) is 1.47. The number of ether oxygens (including phenoxy) is 1. The van der Waals surface area contributed by atoms with Gasteiger partial charge in [0.2, 0.25) is 0 Å². The van der Waals surface area contributed by atoms with Crippen LogP contribution in [-0.4, -0.2) is 21.8 Å². The first-order valence-corrected chi connectivity index (χ1v) is 6.16. The lowest BCUT2D eigenvalue weighted by atomic mass is 10.1. The molecule has 0 saturated carbocycles. The Morgan fingerprint density at radius 2 is 2.21 bits per heavy atom. The summed E-state index contributed by atoms with van der Waals surface area (Å²) >= 11 is 4.84. The van der Waals surface area contributed by atoms with Crippen molar-refractivity contribution in [3.05, 3.63) is 46.2 Å². The molecule has 2 aromatic rings. The number of nitrogens with two attached hydrogens (primary N) is 1. The Hall–Kier alpha value is -2.21. The number of H-pyrrole nitrogens is 1. The average molecular weight is 275 g/mol. The second-order valence-corrected chi connectivity index (χ2v) is 4.23. The molecule has 1 heterocycles. The fourth-order valence-electron chi connectivity index (χ4n) is 1.69. The van der Waals surface area contributed by atoms with Gasteiger partial charge in [0.25, 0.3) is 5.56 Å². The Kier molecular flexibility index (Phi) is 3.91. The van der Waals surface area contributed by atoms with Gasteiger partial charge in [0.15, 0.2) is 0 Å². The first kappa shape index (κ1) is 13.2. The fraction of sp³-hybridized carbons (Fsp3) is 0.154. The molecular weight excluding hydrogens is 262 g/mol. The van der Waals surface area contributed by atoms with E-state index in [1.165, 1.54) is 0 Å². The van der Waals surface area contributed by atoms with Crippen LogP contribution in [0.5, 0.6) is 5.75 Å². The van der Waals surface area contributed by atoms with E-state index in [4.69, 9.17) is 22.7 Å². The molecule has 2 rings (SSSR count). The molecule has 19 heavy (non-hydrogen) atoms. The van der Waals surface area contributed by atoms with Gasteiger partial charge in [-0.15, -0.1) is 0 Å². The summed E-state index contributed by atoms with van der Waals surface area (Å²) < 4.78 is 5.53. The van der Waals surface area contributed by atoms with E-state index in [1.807, 2.05) is 31.2 Å². The highest BCUT2D eigenvalue weighted by molar-refractivity contribution is 7.80. The minimum atomic E-state index is -0.398. The summed E-state index contributed by atoms with van der Waals surface area (Å²) in [6.45, 7) is 2.44. The van der Waals surface area contributed by atoms with Crippen LogP contribution in [0.2, 0.25) is 0 Å². The molecule has 0 amide bonds. The van der Waals surface area contributed by atoms with Crippen molar-refractivity contribution in [2.75, 3.05) is 6.61 Å². The zero-order valence-electron chi connectivity index (χ0n) is 10.3. The standard InChI is InChI=1S/C13H13N3O2S/c1-2-18-11-6-4-3-5-8(11)10-7-9(12(14)19)13(17)16-15-10/h3-7H,2H2,1H3,(H2,14,19)(H,16,17). The van der Waals surface area contributed by atoms with Crippen LogP contribution < -0.4 is 16.0 Å². The van der Waals surface area contributed by atoms with Crippen molar-refractivity contribution in [1.82, 2.24) is 10.2 Å². The lowest BCUT2D eigenvalue weighted by Crippen LogP contribution is -2.23. The third kappa shape index (κ3) is 2.79. The quantitative estimate of drug-likeness (QED) is 0.826. The molecule has 1 aromatic carbocycles. The SMILES string of the molecule is CCOc1ccccc1-c1cc(C(N)=S)c(=O)[nH]n1. The lowest BCUT2D eigenvalue weighted by Gasteiger charge is -2.09. The number of rotatable bonds is 4. The van der Waals surface area contributed by atoms with Crippen molar-refractivity contribution in [3.8, 4) is 17.0 Å². The molecule has 3 N–H and O–H groups in total. The number of benzene rings is 1. The van der Waals surface area contributed by atoms with E-state index in [0.717, 1.165) is 5.56 Å². The Morgan fingerprint density at radius 1 is 1.47 bits per heavy atom. The van der Waals surface area contributed by atoms with Crippen LogP contribution in [0.1, 0.15) is 12.5 Å². The van der Waals surface area contributed by atoms with Crippen molar-refractivity contribution >= 4 is 17.2 Å². The summed E-state index contributed by atoms with van der Waals surface area (Å²) in [5.41, 5.74) is 6.69. The minimum Gasteiger partial charge on any atom is -0.493 e. The number of para-hydroxylation sites is 1. The monoisotopic (exact) mass is 275 g/mol. The van der Waals surface area contributed by atoms with Crippen LogP contribution in [0.3, 0.4) is 0 Å². The highest BCUT2D eigenvalue weighted by atomic mass is 32.1. The number of nitrogens with zero attached hydrogens (tertiary/aromatic N) is 1. The largest absolute Gasteiger partial charge is 0.493 e. The van der Waals surface area contributed by atoms with Gasteiger partial charge in [-0.3, -0.25) is 4.79 Å². The van der Waals surface area contributed by atoms with Crippen molar-refractivity contribution in [3.63, 3.8) is 0 Å². The number of aromatic amines is 1. The van der Waals surface area contributed by atoms with Gasteiger partial charge in [-0.1, -0.05) is 24.4 Å². The molecule has 0 aliphatic heterocycles. The van der Waals surface area contributed by atoms with Crippen molar-refractivity contribution in [2.45, 2.75) is 6.92 Å². The topological polar surface area (TPSA) is 81.0 Å². The molecule has 1 aromatic heterocycles. The summed E-state index contributed by atoms with van der Waals surface area (Å²) in [4.78, 5) is 11.6. The van der Waals surface area contributed by atoms with Crippen molar-refractivity contribution in [2.24, 2.45) is 5.73 Å².